The molecule has 9 nitrogen and oxygen atoms in total. The van der Waals surface area contributed by atoms with Crippen molar-refractivity contribution in [3.63, 3.8) is 0 Å². The van der Waals surface area contributed by atoms with Crippen LogP contribution in [0, 0.1) is 17.6 Å². The number of halogens is 7. The summed E-state index contributed by atoms with van der Waals surface area (Å²) in [5, 5.41) is 2.16. The molecule has 45 heavy (non-hydrogen) atoms. The number of carbonyl (C=O) groups excluding carboxylic acids is 3. The SMILES string of the molecule is O=C(O[C@@H]1C[C@H](C(=O)NC(c2cc(F)c(Cl)cc2F)C2COC2)N(C(=O)c2ccnc(C(F)F)c2)C1)c1ccnc(C(F)F)c1. The molecular formula is C29H23ClF6N4O5. The van der Waals surface area contributed by atoms with Crippen molar-refractivity contribution in [3.05, 3.63) is 93.5 Å². The average Bonchev–Trinajstić information content (AvgIpc) is 3.41. The third kappa shape index (κ3) is 7.04. The monoisotopic (exact) mass is 656 g/mol. The van der Waals surface area contributed by atoms with Crippen LogP contribution in [0.25, 0.3) is 0 Å². The second kappa shape index (κ2) is 13.4. The smallest absolute Gasteiger partial charge is 0.338 e. The van der Waals surface area contributed by atoms with Gasteiger partial charge in [-0.05, 0) is 36.4 Å². The fraction of sp³-hybridized carbons (Fsp3) is 0.345. The first-order chi connectivity index (χ1) is 21.4. The number of carbonyl (C=O) groups is 3. The molecule has 1 N–H and O–H groups in total. The van der Waals surface area contributed by atoms with Crippen LogP contribution in [-0.4, -0.2) is 64.6 Å². The number of rotatable bonds is 9. The van der Waals surface area contributed by atoms with Crippen molar-refractivity contribution < 1.29 is 50.2 Å². The molecule has 0 aliphatic carbocycles. The highest BCUT2D eigenvalue weighted by molar-refractivity contribution is 6.30. The lowest BCUT2D eigenvalue weighted by Crippen LogP contribution is -2.50. The van der Waals surface area contributed by atoms with Crippen LogP contribution in [0.2, 0.25) is 5.02 Å². The fourth-order valence-electron chi connectivity index (χ4n) is 5.06. The van der Waals surface area contributed by atoms with E-state index in [9.17, 15) is 40.7 Å². The number of nitrogens with zero attached hydrogens (tertiary/aromatic N) is 3. The van der Waals surface area contributed by atoms with Gasteiger partial charge in [0.15, 0.2) is 0 Å². The predicted octanol–water partition coefficient (Wildman–Crippen LogP) is 5.23. The van der Waals surface area contributed by atoms with Crippen molar-refractivity contribution in [2.45, 2.75) is 37.5 Å². The Morgan fingerprint density at radius 1 is 0.933 bits per heavy atom. The Hall–Kier alpha value is -4.24. The van der Waals surface area contributed by atoms with Crippen molar-refractivity contribution in [2.24, 2.45) is 5.92 Å². The van der Waals surface area contributed by atoms with Crippen molar-refractivity contribution in [1.29, 1.82) is 0 Å². The first-order valence-corrected chi connectivity index (χ1v) is 13.8. The Bertz CT molecular complexity index is 1610. The third-order valence-electron chi connectivity index (χ3n) is 7.40. The maximum atomic E-state index is 14.9. The lowest BCUT2D eigenvalue weighted by atomic mass is 9.90. The maximum Gasteiger partial charge on any atom is 0.338 e. The molecular weight excluding hydrogens is 634 g/mol. The van der Waals surface area contributed by atoms with E-state index in [-0.39, 0.29) is 42.9 Å². The third-order valence-corrected chi connectivity index (χ3v) is 7.69. The quantitative estimate of drug-likeness (QED) is 0.191. The summed E-state index contributed by atoms with van der Waals surface area (Å²) in [5.74, 6) is -5.08. The van der Waals surface area contributed by atoms with E-state index >= 15 is 0 Å². The number of esters is 1. The van der Waals surface area contributed by atoms with Gasteiger partial charge in [-0.1, -0.05) is 11.6 Å². The van der Waals surface area contributed by atoms with Crippen LogP contribution in [0.1, 0.15) is 63.0 Å². The highest BCUT2D eigenvalue weighted by atomic mass is 35.5. The van der Waals surface area contributed by atoms with E-state index in [0.29, 0.717) is 0 Å². The molecule has 2 aromatic heterocycles. The first kappa shape index (κ1) is 32.2. The molecule has 0 spiro atoms. The summed E-state index contributed by atoms with van der Waals surface area (Å²) in [5.41, 5.74) is -2.08. The molecule has 238 valence electrons. The van der Waals surface area contributed by atoms with Gasteiger partial charge < -0.3 is 19.7 Å². The molecule has 5 rings (SSSR count). The number of benzene rings is 1. The van der Waals surface area contributed by atoms with Crippen molar-refractivity contribution in [2.75, 3.05) is 19.8 Å². The normalized spacial score (nSPS) is 19.0. The zero-order valence-corrected chi connectivity index (χ0v) is 23.7. The van der Waals surface area contributed by atoms with Crippen LogP contribution in [0.3, 0.4) is 0 Å². The zero-order valence-electron chi connectivity index (χ0n) is 22.9. The Morgan fingerprint density at radius 3 is 2.16 bits per heavy atom. The van der Waals surface area contributed by atoms with E-state index in [0.717, 1.165) is 53.7 Å². The lowest BCUT2D eigenvalue weighted by molar-refractivity contribution is -0.128. The molecule has 2 amide bonds. The molecule has 0 saturated carbocycles. The number of hydrogen-bond donors (Lipinski definition) is 1. The minimum absolute atomic E-state index is 0.0993. The number of ether oxygens (including phenoxy) is 2. The largest absolute Gasteiger partial charge is 0.457 e. The summed E-state index contributed by atoms with van der Waals surface area (Å²) in [4.78, 5) is 48.1. The molecule has 0 bridgehead atoms. The first-order valence-electron chi connectivity index (χ1n) is 13.5. The molecule has 3 aromatic rings. The van der Waals surface area contributed by atoms with Crippen LogP contribution in [0.5, 0.6) is 0 Å². The van der Waals surface area contributed by atoms with Gasteiger partial charge in [0.05, 0.1) is 36.4 Å². The molecule has 4 heterocycles. The van der Waals surface area contributed by atoms with Gasteiger partial charge in [0, 0.05) is 35.9 Å². The highest BCUT2D eigenvalue weighted by Gasteiger charge is 2.44. The van der Waals surface area contributed by atoms with Crippen LogP contribution in [0.4, 0.5) is 26.3 Å². The second-order valence-corrected chi connectivity index (χ2v) is 10.8. The van der Waals surface area contributed by atoms with Gasteiger partial charge in [-0.2, -0.15) is 0 Å². The number of likely N-dealkylation sites (tertiary alicyclic amines) is 1. The molecule has 2 aliphatic rings. The van der Waals surface area contributed by atoms with Gasteiger partial charge in [0.1, 0.15) is 35.2 Å². The average molecular weight is 657 g/mol. The van der Waals surface area contributed by atoms with E-state index in [2.05, 4.69) is 15.3 Å². The highest BCUT2D eigenvalue weighted by Crippen LogP contribution is 2.34. The fourth-order valence-corrected chi connectivity index (χ4v) is 5.21. The number of alkyl halides is 4. The molecule has 16 heteroatoms. The number of amides is 2. The Labute approximate surface area is 256 Å². The molecule has 2 fully saturated rings. The number of hydrogen-bond acceptors (Lipinski definition) is 7. The van der Waals surface area contributed by atoms with Crippen LogP contribution < -0.4 is 5.32 Å². The minimum Gasteiger partial charge on any atom is -0.457 e. The van der Waals surface area contributed by atoms with Crippen molar-refractivity contribution in [1.82, 2.24) is 20.2 Å². The molecule has 1 aromatic carbocycles. The van der Waals surface area contributed by atoms with Gasteiger partial charge in [0.2, 0.25) is 5.91 Å². The standard InChI is InChI=1S/C29H23ClF6N4O5/c30-18-9-19(31)17(8-20(18)32)24(15-11-44-12-15)39-27(41)23-7-16(45-29(43)14-2-4-38-22(6-14)26(35)36)10-40(23)28(42)13-1-3-37-21(5-13)25(33)34/h1-6,8-9,15-16,23-26H,7,10-12H2,(H,39,41)/t16-,23-,24?/m1/s1. The molecule has 2 saturated heterocycles. The summed E-state index contributed by atoms with van der Waals surface area (Å²) in [6.45, 7) is -0.187. The minimum atomic E-state index is -3.00. The summed E-state index contributed by atoms with van der Waals surface area (Å²) in [7, 11) is 0. The molecule has 1 unspecified atom stereocenters. The van der Waals surface area contributed by atoms with Gasteiger partial charge in [-0.3, -0.25) is 19.6 Å². The maximum absolute atomic E-state index is 14.9. The number of pyridine rings is 2. The van der Waals surface area contributed by atoms with Crippen molar-refractivity contribution >= 4 is 29.4 Å². The van der Waals surface area contributed by atoms with Gasteiger partial charge in [-0.25, -0.2) is 31.1 Å². The van der Waals surface area contributed by atoms with E-state index in [1.807, 2.05) is 0 Å². The summed E-state index contributed by atoms with van der Waals surface area (Å²) < 4.78 is 92.7. The summed E-state index contributed by atoms with van der Waals surface area (Å²) in [6.07, 6.45) is -5.42. The topological polar surface area (TPSA) is 111 Å². The van der Waals surface area contributed by atoms with E-state index < -0.39 is 82.8 Å². The lowest BCUT2D eigenvalue weighted by Gasteiger charge is -2.36. The number of aromatic nitrogens is 2. The Balaban J connectivity index is 1.42. The molecule has 0 radical (unpaired) electrons. The van der Waals surface area contributed by atoms with Gasteiger partial charge in [0.25, 0.3) is 18.8 Å². The van der Waals surface area contributed by atoms with Crippen molar-refractivity contribution in [3.8, 4) is 0 Å². The van der Waals surface area contributed by atoms with E-state index in [1.165, 1.54) is 0 Å². The second-order valence-electron chi connectivity index (χ2n) is 10.3. The van der Waals surface area contributed by atoms with Crippen LogP contribution in [0.15, 0.2) is 48.8 Å². The Morgan fingerprint density at radius 2 is 1.56 bits per heavy atom. The van der Waals surface area contributed by atoms with Crippen LogP contribution >= 0.6 is 11.6 Å². The van der Waals surface area contributed by atoms with Crippen LogP contribution in [-0.2, 0) is 14.3 Å². The molecule has 3 atom stereocenters. The predicted molar refractivity (Wildman–Crippen MR) is 144 cm³/mol. The van der Waals surface area contributed by atoms with Gasteiger partial charge in [-0.15, -0.1) is 0 Å². The number of nitrogens with one attached hydrogen (secondary N) is 1. The summed E-state index contributed by atoms with van der Waals surface area (Å²) >= 11 is 5.69. The van der Waals surface area contributed by atoms with Gasteiger partial charge >= 0.3 is 5.97 Å². The zero-order chi connectivity index (χ0) is 32.4. The summed E-state index contributed by atoms with van der Waals surface area (Å²) in [6, 6.07) is 3.09. The van der Waals surface area contributed by atoms with E-state index in [1.54, 1.807) is 0 Å². The van der Waals surface area contributed by atoms with E-state index in [4.69, 9.17) is 21.1 Å². The Kier molecular flexibility index (Phi) is 9.58. The molecule has 2 aliphatic heterocycles.